The summed E-state index contributed by atoms with van der Waals surface area (Å²) < 4.78 is 6.59. The molecule has 3 nitrogen and oxygen atoms in total. The number of aromatic nitrogens is 1. The van der Waals surface area contributed by atoms with Crippen LogP contribution in [-0.4, -0.2) is 46.1 Å². The molecule has 0 radical (unpaired) electrons. The first kappa shape index (κ1) is 13.1. The van der Waals surface area contributed by atoms with E-state index in [9.17, 15) is 0 Å². The molecule has 3 heterocycles. The van der Waals surface area contributed by atoms with Crippen LogP contribution in [0.3, 0.4) is 0 Å². The van der Waals surface area contributed by atoms with Gasteiger partial charge in [-0.3, -0.25) is 4.98 Å². The van der Waals surface area contributed by atoms with Crippen LogP contribution in [0.15, 0.2) is 24.5 Å². The second kappa shape index (κ2) is 5.32. The van der Waals surface area contributed by atoms with Crippen molar-refractivity contribution in [3.05, 3.63) is 30.1 Å². The highest BCUT2D eigenvalue weighted by Gasteiger charge is 2.49. The summed E-state index contributed by atoms with van der Waals surface area (Å²) >= 11 is 2.14. The van der Waals surface area contributed by atoms with Gasteiger partial charge in [0.25, 0.3) is 0 Å². The summed E-state index contributed by atoms with van der Waals surface area (Å²) in [6.07, 6.45) is 8.31. The van der Waals surface area contributed by atoms with Gasteiger partial charge in [0.2, 0.25) is 0 Å². The van der Waals surface area contributed by atoms with Gasteiger partial charge in [-0.25, -0.2) is 0 Å². The highest BCUT2D eigenvalue weighted by molar-refractivity contribution is 8.01. The smallest absolute Gasteiger partial charge is 0.0736 e. The molecule has 1 aromatic rings. The monoisotopic (exact) mass is 290 g/mol. The molecule has 2 aliphatic heterocycles. The molecule has 0 amide bonds. The van der Waals surface area contributed by atoms with Gasteiger partial charge in [0, 0.05) is 42.5 Å². The third-order valence-electron chi connectivity index (χ3n) is 4.62. The SMILES string of the molecule is c1cncc(CO[C@@H]2CSC3(C2)CN(CC2CC2)C3)c1. The summed E-state index contributed by atoms with van der Waals surface area (Å²) in [6.45, 7) is 4.65. The number of likely N-dealkylation sites (tertiary alicyclic amines) is 1. The van der Waals surface area contributed by atoms with E-state index in [1.807, 2.05) is 18.5 Å². The zero-order valence-electron chi connectivity index (χ0n) is 11.8. The van der Waals surface area contributed by atoms with Crippen molar-refractivity contribution in [2.45, 2.75) is 36.7 Å². The molecule has 0 unspecified atom stereocenters. The molecule has 3 fully saturated rings. The van der Waals surface area contributed by atoms with Crippen LogP contribution in [0.1, 0.15) is 24.8 Å². The number of hydrogen-bond donors (Lipinski definition) is 0. The molecule has 1 aromatic heterocycles. The van der Waals surface area contributed by atoms with Gasteiger partial charge < -0.3 is 9.64 Å². The van der Waals surface area contributed by atoms with Crippen LogP contribution in [-0.2, 0) is 11.3 Å². The largest absolute Gasteiger partial charge is 0.373 e. The molecule has 3 aliphatic rings. The van der Waals surface area contributed by atoms with Gasteiger partial charge in [-0.15, -0.1) is 11.8 Å². The van der Waals surface area contributed by atoms with Gasteiger partial charge in [-0.05, 0) is 36.8 Å². The quantitative estimate of drug-likeness (QED) is 0.832. The average Bonchev–Trinajstić information content (AvgIpc) is 3.15. The Labute approximate surface area is 125 Å². The Bertz CT molecular complexity index is 457. The lowest BCUT2D eigenvalue weighted by atomic mass is 9.92. The van der Waals surface area contributed by atoms with Crippen molar-refractivity contribution in [2.24, 2.45) is 5.92 Å². The van der Waals surface area contributed by atoms with Gasteiger partial charge in [0.15, 0.2) is 0 Å². The summed E-state index contributed by atoms with van der Waals surface area (Å²) in [6, 6.07) is 4.07. The molecule has 1 saturated carbocycles. The number of rotatable bonds is 5. The standard InChI is InChI=1S/C16H22N2OS/c1-2-14(7-17-5-1)9-19-15-6-16(20-10-15)11-18(12-16)8-13-3-4-13/h1-2,5,7,13,15H,3-4,6,8-12H2/t15-/m0/s1. The lowest BCUT2D eigenvalue weighted by molar-refractivity contribution is 0.0271. The molecule has 0 aromatic carbocycles. The van der Waals surface area contributed by atoms with E-state index >= 15 is 0 Å². The van der Waals surface area contributed by atoms with Gasteiger partial charge in [-0.1, -0.05) is 6.07 Å². The van der Waals surface area contributed by atoms with Gasteiger partial charge in [0.05, 0.1) is 12.7 Å². The highest BCUT2D eigenvalue weighted by atomic mass is 32.2. The van der Waals surface area contributed by atoms with E-state index in [0.29, 0.717) is 17.5 Å². The van der Waals surface area contributed by atoms with Crippen molar-refractivity contribution < 1.29 is 4.74 Å². The fraction of sp³-hybridized carbons (Fsp3) is 0.688. The van der Waals surface area contributed by atoms with Gasteiger partial charge in [0.1, 0.15) is 0 Å². The van der Waals surface area contributed by atoms with Crippen molar-refractivity contribution in [2.75, 3.05) is 25.4 Å². The molecular formula is C16H22N2OS. The Morgan fingerprint density at radius 1 is 1.40 bits per heavy atom. The number of nitrogens with zero attached hydrogens (tertiary/aromatic N) is 2. The topological polar surface area (TPSA) is 25.4 Å². The van der Waals surface area contributed by atoms with E-state index in [1.165, 1.54) is 44.5 Å². The minimum atomic E-state index is 0.434. The maximum Gasteiger partial charge on any atom is 0.0736 e. The second-order valence-electron chi connectivity index (χ2n) is 6.61. The van der Waals surface area contributed by atoms with Crippen LogP contribution in [0.25, 0.3) is 0 Å². The fourth-order valence-corrected chi connectivity index (χ4v) is 5.00. The Kier molecular flexibility index (Phi) is 3.49. The molecule has 1 atom stereocenters. The predicted octanol–water partition coefficient (Wildman–Crippen LogP) is 2.57. The first-order valence-corrected chi connectivity index (χ1v) is 8.67. The lowest BCUT2D eigenvalue weighted by Crippen LogP contribution is -2.59. The van der Waals surface area contributed by atoms with Crippen LogP contribution in [0, 0.1) is 5.92 Å². The molecule has 4 heteroatoms. The highest BCUT2D eigenvalue weighted by Crippen LogP contribution is 2.47. The molecule has 0 bridgehead atoms. The molecule has 108 valence electrons. The third-order valence-corrected chi connectivity index (χ3v) is 6.20. The molecule has 0 N–H and O–H groups in total. The minimum absolute atomic E-state index is 0.434. The lowest BCUT2D eigenvalue weighted by Gasteiger charge is -2.47. The second-order valence-corrected chi connectivity index (χ2v) is 8.09. The predicted molar refractivity (Wildman–Crippen MR) is 81.8 cm³/mol. The Morgan fingerprint density at radius 2 is 2.30 bits per heavy atom. The van der Waals surface area contributed by atoms with E-state index in [4.69, 9.17) is 4.74 Å². The number of hydrogen-bond acceptors (Lipinski definition) is 4. The fourth-order valence-electron chi connectivity index (χ4n) is 3.39. The van der Waals surface area contributed by atoms with Crippen molar-refractivity contribution in [3.8, 4) is 0 Å². The van der Waals surface area contributed by atoms with E-state index in [-0.39, 0.29) is 0 Å². The first-order valence-electron chi connectivity index (χ1n) is 7.68. The Morgan fingerprint density at radius 3 is 3.05 bits per heavy atom. The zero-order valence-corrected chi connectivity index (χ0v) is 12.6. The summed E-state index contributed by atoms with van der Waals surface area (Å²) in [5.41, 5.74) is 1.18. The first-order chi connectivity index (χ1) is 9.81. The van der Waals surface area contributed by atoms with Gasteiger partial charge >= 0.3 is 0 Å². The van der Waals surface area contributed by atoms with E-state index < -0.39 is 0 Å². The van der Waals surface area contributed by atoms with Gasteiger partial charge in [-0.2, -0.15) is 0 Å². The van der Waals surface area contributed by atoms with E-state index in [2.05, 4.69) is 27.7 Å². The zero-order chi connectivity index (χ0) is 13.4. The summed E-state index contributed by atoms with van der Waals surface area (Å²) in [5.74, 6) is 2.19. The maximum atomic E-state index is 6.07. The van der Waals surface area contributed by atoms with E-state index in [0.717, 1.165) is 11.7 Å². The third kappa shape index (κ3) is 2.87. The maximum absolute atomic E-state index is 6.07. The molecular weight excluding hydrogens is 268 g/mol. The van der Waals surface area contributed by atoms with E-state index in [1.54, 1.807) is 0 Å². The minimum Gasteiger partial charge on any atom is -0.373 e. The van der Waals surface area contributed by atoms with Crippen molar-refractivity contribution >= 4 is 11.8 Å². The van der Waals surface area contributed by atoms with Crippen LogP contribution in [0.5, 0.6) is 0 Å². The number of pyridine rings is 1. The van der Waals surface area contributed by atoms with Crippen LogP contribution in [0.4, 0.5) is 0 Å². The Balaban J connectivity index is 1.22. The molecule has 4 rings (SSSR count). The molecule has 1 spiro atoms. The normalized spacial score (nSPS) is 28.7. The van der Waals surface area contributed by atoms with Crippen LogP contribution >= 0.6 is 11.8 Å². The number of ether oxygens (including phenoxy) is 1. The molecule has 2 saturated heterocycles. The van der Waals surface area contributed by atoms with Crippen molar-refractivity contribution in [3.63, 3.8) is 0 Å². The van der Waals surface area contributed by atoms with Crippen LogP contribution < -0.4 is 0 Å². The summed E-state index contributed by atoms with van der Waals surface area (Å²) in [7, 11) is 0. The summed E-state index contributed by atoms with van der Waals surface area (Å²) in [4.78, 5) is 6.78. The van der Waals surface area contributed by atoms with Crippen LogP contribution in [0.2, 0.25) is 0 Å². The van der Waals surface area contributed by atoms with Crippen molar-refractivity contribution in [1.29, 1.82) is 0 Å². The average molecular weight is 290 g/mol. The number of thioether (sulfide) groups is 1. The van der Waals surface area contributed by atoms with Crippen molar-refractivity contribution in [1.82, 2.24) is 9.88 Å². The molecule has 20 heavy (non-hydrogen) atoms. The summed E-state index contributed by atoms with van der Waals surface area (Å²) in [5, 5.41) is 0. The molecule has 1 aliphatic carbocycles. The Hall–Kier alpha value is -0.580.